The first-order chi connectivity index (χ1) is 12.2. The van der Waals surface area contributed by atoms with Crippen molar-refractivity contribution in [2.75, 3.05) is 14.2 Å². The number of benzene rings is 2. The molecule has 2 atom stereocenters. The summed E-state index contributed by atoms with van der Waals surface area (Å²) in [6.45, 7) is 0. The Morgan fingerprint density at radius 2 is 1.08 bits per heavy atom. The summed E-state index contributed by atoms with van der Waals surface area (Å²) in [4.78, 5) is 0. The Morgan fingerprint density at radius 3 is 1.40 bits per heavy atom. The second-order valence-electron chi connectivity index (χ2n) is 6.98. The van der Waals surface area contributed by atoms with E-state index in [1.54, 1.807) is 25.4 Å². The molecule has 0 saturated carbocycles. The van der Waals surface area contributed by atoms with Crippen LogP contribution in [0.25, 0.3) is 0 Å². The van der Waals surface area contributed by atoms with Gasteiger partial charge in [-0.05, 0) is 66.5 Å². The lowest BCUT2D eigenvalue weighted by molar-refractivity contribution is 0.414. The average molecular weight is 332 g/mol. The molecule has 2 bridgehead atoms. The number of fused-ring (bicyclic) bond motifs is 2. The standard InChI is InChI=1S/C23H24O2/c1-24-22-7-3-16(4-8-22)11-18-13-21-15-20(18)14-19(21)12-17-5-9-23(25-2)10-6-17/h3-10,13-14,20-21H,11-12,15H2,1-2H3/t20-,21-/m1/s1. The van der Waals surface area contributed by atoms with E-state index in [4.69, 9.17) is 9.47 Å². The molecular weight excluding hydrogens is 308 g/mol. The fourth-order valence-electron chi connectivity index (χ4n) is 4.03. The molecule has 2 nitrogen and oxygen atoms in total. The molecule has 0 unspecified atom stereocenters. The summed E-state index contributed by atoms with van der Waals surface area (Å²) in [6, 6.07) is 16.9. The van der Waals surface area contributed by atoms with Gasteiger partial charge in [0.15, 0.2) is 0 Å². The van der Waals surface area contributed by atoms with Gasteiger partial charge < -0.3 is 9.47 Å². The lowest BCUT2D eigenvalue weighted by Crippen LogP contribution is -2.02. The van der Waals surface area contributed by atoms with E-state index in [1.807, 2.05) is 24.3 Å². The van der Waals surface area contributed by atoms with Crippen LogP contribution in [-0.4, -0.2) is 14.2 Å². The first-order valence-electron chi connectivity index (χ1n) is 8.92. The van der Waals surface area contributed by atoms with Gasteiger partial charge in [-0.25, -0.2) is 0 Å². The van der Waals surface area contributed by atoms with Crippen molar-refractivity contribution in [3.05, 3.63) is 83.0 Å². The van der Waals surface area contributed by atoms with Gasteiger partial charge in [-0.1, -0.05) is 47.6 Å². The monoisotopic (exact) mass is 332 g/mol. The van der Waals surface area contributed by atoms with Crippen molar-refractivity contribution in [3.8, 4) is 11.5 Å². The zero-order valence-electron chi connectivity index (χ0n) is 14.9. The van der Waals surface area contributed by atoms with Crippen LogP contribution in [0.3, 0.4) is 0 Å². The molecule has 0 spiro atoms. The Balaban J connectivity index is 1.40. The Hall–Kier alpha value is -2.48. The largest absolute Gasteiger partial charge is 0.497 e. The summed E-state index contributed by atoms with van der Waals surface area (Å²) < 4.78 is 10.5. The minimum atomic E-state index is 0.625. The summed E-state index contributed by atoms with van der Waals surface area (Å²) in [5.74, 6) is 3.10. The molecule has 0 N–H and O–H groups in total. The van der Waals surface area contributed by atoms with Gasteiger partial charge in [0.05, 0.1) is 14.2 Å². The Labute approximate surface area is 149 Å². The van der Waals surface area contributed by atoms with Gasteiger partial charge in [-0.2, -0.15) is 0 Å². The molecular formula is C23H24O2. The van der Waals surface area contributed by atoms with Crippen LogP contribution in [-0.2, 0) is 12.8 Å². The molecule has 2 aromatic carbocycles. The fourth-order valence-corrected chi connectivity index (χ4v) is 4.03. The molecule has 2 aliphatic rings. The van der Waals surface area contributed by atoms with Crippen molar-refractivity contribution in [1.29, 1.82) is 0 Å². The van der Waals surface area contributed by atoms with Crippen LogP contribution in [0.4, 0.5) is 0 Å². The number of allylic oxidation sites excluding steroid dienone is 4. The third kappa shape index (κ3) is 3.34. The zero-order valence-corrected chi connectivity index (χ0v) is 14.9. The van der Waals surface area contributed by atoms with Crippen molar-refractivity contribution in [3.63, 3.8) is 0 Å². The van der Waals surface area contributed by atoms with Crippen molar-refractivity contribution in [1.82, 2.24) is 0 Å². The highest BCUT2D eigenvalue weighted by Gasteiger charge is 2.33. The minimum Gasteiger partial charge on any atom is -0.497 e. The maximum absolute atomic E-state index is 5.24. The van der Waals surface area contributed by atoms with Gasteiger partial charge >= 0.3 is 0 Å². The van der Waals surface area contributed by atoms with E-state index in [1.165, 1.54) is 17.5 Å². The van der Waals surface area contributed by atoms with E-state index in [0.717, 1.165) is 24.3 Å². The topological polar surface area (TPSA) is 18.5 Å². The van der Waals surface area contributed by atoms with Gasteiger partial charge in [0.1, 0.15) is 11.5 Å². The summed E-state index contributed by atoms with van der Waals surface area (Å²) in [7, 11) is 3.42. The molecule has 0 saturated heterocycles. The first kappa shape index (κ1) is 16.0. The van der Waals surface area contributed by atoms with Crippen molar-refractivity contribution in [2.24, 2.45) is 11.8 Å². The number of methoxy groups -OCH3 is 2. The molecule has 2 aliphatic carbocycles. The summed E-state index contributed by atoms with van der Waals surface area (Å²) in [5.41, 5.74) is 5.89. The van der Waals surface area contributed by atoms with E-state index in [2.05, 4.69) is 36.4 Å². The SMILES string of the molecule is COc1ccc(CC2=C[C@@H]3C[C@H]2C=C3Cc2ccc(OC)cc2)cc1. The van der Waals surface area contributed by atoms with Crippen LogP contribution in [0.1, 0.15) is 17.5 Å². The van der Waals surface area contributed by atoms with Crippen molar-refractivity contribution in [2.45, 2.75) is 19.3 Å². The molecule has 0 aromatic heterocycles. The van der Waals surface area contributed by atoms with Gasteiger partial charge in [0.2, 0.25) is 0 Å². The second kappa shape index (κ2) is 6.79. The van der Waals surface area contributed by atoms with E-state index in [-0.39, 0.29) is 0 Å². The summed E-state index contributed by atoms with van der Waals surface area (Å²) in [5, 5.41) is 0. The molecule has 0 amide bonds. The fraction of sp³-hybridized carbons (Fsp3) is 0.304. The molecule has 2 heteroatoms. The van der Waals surface area contributed by atoms with Crippen LogP contribution in [0.5, 0.6) is 11.5 Å². The highest BCUT2D eigenvalue weighted by Crippen LogP contribution is 2.45. The Kier molecular flexibility index (Phi) is 4.35. The number of ether oxygens (including phenoxy) is 2. The third-order valence-corrected chi connectivity index (χ3v) is 5.43. The molecule has 0 radical (unpaired) electrons. The zero-order chi connectivity index (χ0) is 17.2. The van der Waals surface area contributed by atoms with E-state index >= 15 is 0 Å². The molecule has 0 aliphatic heterocycles. The molecule has 4 rings (SSSR count). The predicted octanol–water partition coefficient (Wildman–Crippen LogP) is 4.99. The second-order valence-corrected chi connectivity index (χ2v) is 6.98. The van der Waals surface area contributed by atoms with Crippen LogP contribution >= 0.6 is 0 Å². The molecule has 0 heterocycles. The highest BCUT2D eigenvalue weighted by molar-refractivity contribution is 5.42. The van der Waals surface area contributed by atoms with Crippen molar-refractivity contribution >= 4 is 0 Å². The van der Waals surface area contributed by atoms with E-state index in [0.29, 0.717) is 11.8 Å². The van der Waals surface area contributed by atoms with Crippen LogP contribution in [0.2, 0.25) is 0 Å². The summed E-state index contributed by atoms with van der Waals surface area (Å²) >= 11 is 0. The molecule has 25 heavy (non-hydrogen) atoms. The van der Waals surface area contributed by atoms with E-state index in [9.17, 15) is 0 Å². The quantitative estimate of drug-likeness (QED) is 0.694. The van der Waals surface area contributed by atoms with Gasteiger partial charge in [-0.15, -0.1) is 0 Å². The van der Waals surface area contributed by atoms with Crippen LogP contribution < -0.4 is 9.47 Å². The maximum Gasteiger partial charge on any atom is 0.118 e. The minimum absolute atomic E-state index is 0.625. The smallest absolute Gasteiger partial charge is 0.118 e. The Morgan fingerprint density at radius 1 is 0.680 bits per heavy atom. The highest BCUT2D eigenvalue weighted by atomic mass is 16.5. The molecule has 128 valence electrons. The number of rotatable bonds is 6. The van der Waals surface area contributed by atoms with Gasteiger partial charge in [0.25, 0.3) is 0 Å². The predicted molar refractivity (Wildman–Crippen MR) is 101 cm³/mol. The first-order valence-corrected chi connectivity index (χ1v) is 8.92. The van der Waals surface area contributed by atoms with Gasteiger partial charge in [0, 0.05) is 0 Å². The maximum atomic E-state index is 5.24. The average Bonchev–Trinajstić information content (AvgIpc) is 3.23. The molecule has 2 aromatic rings. The summed E-state index contributed by atoms with van der Waals surface area (Å²) in [6.07, 6.45) is 8.38. The van der Waals surface area contributed by atoms with Crippen LogP contribution in [0.15, 0.2) is 71.8 Å². The number of hydrogen-bond acceptors (Lipinski definition) is 2. The third-order valence-electron chi connectivity index (χ3n) is 5.43. The lowest BCUT2D eigenvalue weighted by atomic mass is 9.91. The normalized spacial score (nSPS) is 21.0. The van der Waals surface area contributed by atoms with Gasteiger partial charge in [-0.3, -0.25) is 0 Å². The number of hydrogen-bond donors (Lipinski definition) is 0. The Bertz CT molecular complexity index is 727. The molecule has 0 fully saturated rings. The van der Waals surface area contributed by atoms with E-state index < -0.39 is 0 Å². The van der Waals surface area contributed by atoms with Crippen LogP contribution in [0, 0.1) is 11.8 Å². The lowest BCUT2D eigenvalue weighted by Gasteiger charge is -2.14. The van der Waals surface area contributed by atoms with Crippen molar-refractivity contribution < 1.29 is 9.47 Å².